The quantitative estimate of drug-likeness (QED) is 0.863. The Labute approximate surface area is 166 Å². The van der Waals surface area contributed by atoms with Crippen LogP contribution in [0.2, 0.25) is 0 Å². The number of carbonyl (C=O) groups excluding carboxylic acids is 2. The Hall–Kier alpha value is -2.62. The minimum Gasteiger partial charge on any atom is -0.369 e. The van der Waals surface area contributed by atoms with Crippen LogP contribution in [0.15, 0.2) is 54.6 Å². The number of rotatable bonds is 5. The Balaban J connectivity index is 1.62. The SMILES string of the molecule is NC(=O)[C@]1(Cc2ccccc2-c2ccccc2)CCCN(C(=O)C2CCC2)C1. The van der Waals surface area contributed by atoms with Gasteiger partial charge in [0.25, 0.3) is 0 Å². The van der Waals surface area contributed by atoms with Crippen molar-refractivity contribution in [2.45, 2.75) is 38.5 Å². The molecule has 28 heavy (non-hydrogen) atoms. The molecule has 1 saturated carbocycles. The van der Waals surface area contributed by atoms with Gasteiger partial charge >= 0.3 is 0 Å². The van der Waals surface area contributed by atoms with Gasteiger partial charge in [0.1, 0.15) is 0 Å². The van der Waals surface area contributed by atoms with Gasteiger partial charge in [-0.05, 0) is 48.8 Å². The average molecular weight is 377 g/mol. The van der Waals surface area contributed by atoms with Crippen LogP contribution in [0.25, 0.3) is 11.1 Å². The highest BCUT2D eigenvalue weighted by molar-refractivity contribution is 5.85. The van der Waals surface area contributed by atoms with Gasteiger partial charge in [0.2, 0.25) is 11.8 Å². The summed E-state index contributed by atoms with van der Waals surface area (Å²) < 4.78 is 0. The summed E-state index contributed by atoms with van der Waals surface area (Å²) in [5.74, 6) is 0.0784. The first-order valence-corrected chi connectivity index (χ1v) is 10.3. The van der Waals surface area contributed by atoms with Gasteiger partial charge in [-0.2, -0.15) is 0 Å². The lowest BCUT2D eigenvalue weighted by Crippen LogP contribution is -2.54. The maximum atomic E-state index is 12.8. The van der Waals surface area contributed by atoms with E-state index in [1.54, 1.807) is 0 Å². The molecule has 0 radical (unpaired) electrons. The molecule has 146 valence electrons. The van der Waals surface area contributed by atoms with Gasteiger partial charge in [0, 0.05) is 19.0 Å². The Morgan fingerprint density at radius 1 is 1.00 bits per heavy atom. The Bertz CT molecular complexity index is 860. The van der Waals surface area contributed by atoms with Crippen LogP contribution in [0.3, 0.4) is 0 Å². The zero-order valence-electron chi connectivity index (χ0n) is 16.3. The van der Waals surface area contributed by atoms with Crippen molar-refractivity contribution in [3.8, 4) is 11.1 Å². The lowest BCUT2D eigenvalue weighted by atomic mass is 9.72. The topological polar surface area (TPSA) is 63.4 Å². The molecule has 2 aromatic rings. The Morgan fingerprint density at radius 3 is 2.39 bits per heavy atom. The molecule has 0 bridgehead atoms. The monoisotopic (exact) mass is 376 g/mol. The molecule has 4 heteroatoms. The first-order chi connectivity index (χ1) is 13.6. The van der Waals surface area contributed by atoms with Crippen molar-refractivity contribution < 1.29 is 9.59 Å². The molecule has 0 unspecified atom stereocenters. The second-order valence-electron chi connectivity index (χ2n) is 8.34. The predicted molar refractivity (Wildman–Crippen MR) is 110 cm³/mol. The molecule has 2 aromatic carbocycles. The molecular formula is C24H28N2O2. The van der Waals surface area contributed by atoms with Gasteiger partial charge in [-0.25, -0.2) is 0 Å². The number of nitrogens with two attached hydrogens (primary N) is 1. The van der Waals surface area contributed by atoms with Crippen molar-refractivity contribution in [2.24, 2.45) is 17.1 Å². The first-order valence-electron chi connectivity index (χ1n) is 10.3. The van der Waals surface area contributed by atoms with E-state index in [9.17, 15) is 9.59 Å². The number of nitrogens with zero attached hydrogens (tertiary/aromatic N) is 1. The molecule has 0 spiro atoms. The average Bonchev–Trinajstić information content (AvgIpc) is 2.68. The molecule has 1 heterocycles. The maximum absolute atomic E-state index is 12.8. The molecule has 4 nitrogen and oxygen atoms in total. The van der Waals surface area contributed by atoms with Crippen LogP contribution in [-0.4, -0.2) is 29.8 Å². The van der Waals surface area contributed by atoms with Crippen molar-refractivity contribution in [1.82, 2.24) is 4.90 Å². The van der Waals surface area contributed by atoms with Crippen molar-refractivity contribution in [2.75, 3.05) is 13.1 Å². The normalized spacial score (nSPS) is 22.5. The van der Waals surface area contributed by atoms with Crippen molar-refractivity contribution in [1.29, 1.82) is 0 Å². The minimum atomic E-state index is -0.692. The van der Waals surface area contributed by atoms with Gasteiger partial charge in [-0.3, -0.25) is 9.59 Å². The van der Waals surface area contributed by atoms with E-state index in [1.165, 1.54) is 0 Å². The minimum absolute atomic E-state index is 0.153. The summed E-state index contributed by atoms with van der Waals surface area (Å²) in [7, 11) is 0. The molecule has 1 aliphatic heterocycles. The molecule has 2 aliphatic rings. The third-order valence-electron chi connectivity index (χ3n) is 6.50. The maximum Gasteiger partial charge on any atom is 0.225 e. The van der Waals surface area contributed by atoms with E-state index in [0.717, 1.165) is 55.3 Å². The van der Waals surface area contributed by atoms with Gasteiger partial charge in [-0.1, -0.05) is 61.0 Å². The second-order valence-corrected chi connectivity index (χ2v) is 8.34. The predicted octanol–water partition coefficient (Wildman–Crippen LogP) is 3.79. The van der Waals surface area contributed by atoms with Crippen LogP contribution < -0.4 is 5.73 Å². The zero-order valence-corrected chi connectivity index (χ0v) is 16.3. The molecule has 4 rings (SSSR count). The van der Waals surface area contributed by atoms with Crippen LogP contribution in [0.4, 0.5) is 0 Å². The van der Waals surface area contributed by atoms with E-state index in [1.807, 2.05) is 35.2 Å². The molecule has 2 amide bonds. The van der Waals surface area contributed by atoms with Crippen LogP contribution in [0.1, 0.15) is 37.7 Å². The van der Waals surface area contributed by atoms with Crippen molar-refractivity contribution in [3.63, 3.8) is 0 Å². The molecule has 2 fully saturated rings. The summed E-state index contributed by atoms with van der Waals surface area (Å²) in [6, 6.07) is 18.4. The largest absolute Gasteiger partial charge is 0.369 e. The van der Waals surface area contributed by atoms with E-state index >= 15 is 0 Å². The van der Waals surface area contributed by atoms with Gasteiger partial charge in [-0.15, -0.1) is 0 Å². The zero-order chi connectivity index (χ0) is 19.6. The third kappa shape index (κ3) is 3.56. The molecule has 1 aliphatic carbocycles. The fraction of sp³-hybridized carbons (Fsp3) is 0.417. The number of amides is 2. The van der Waals surface area contributed by atoms with E-state index in [2.05, 4.69) is 24.3 Å². The lowest BCUT2D eigenvalue weighted by Gasteiger charge is -2.43. The Kier molecular flexibility index (Phi) is 5.21. The number of carbonyl (C=O) groups is 2. The summed E-state index contributed by atoms with van der Waals surface area (Å²) in [5.41, 5.74) is 8.64. The number of piperidine rings is 1. The molecule has 2 N–H and O–H groups in total. The first kappa shape index (κ1) is 18.7. The fourth-order valence-electron chi connectivity index (χ4n) is 4.60. The van der Waals surface area contributed by atoms with E-state index in [0.29, 0.717) is 13.0 Å². The molecule has 1 atom stereocenters. The van der Waals surface area contributed by atoms with Crippen molar-refractivity contribution >= 4 is 11.8 Å². The van der Waals surface area contributed by atoms with Crippen molar-refractivity contribution in [3.05, 3.63) is 60.2 Å². The fourth-order valence-corrected chi connectivity index (χ4v) is 4.60. The molecular weight excluding hydrogens is 348 g/mol. The third-order valence-corrected chi connectivity index (χ3v) is 6.50. The highest BCUT2D eigenvalue weighted by Crippen LogP contribution is 2.38. The number of primary amides is 1. The van der Waals surface area contributed by atoms with E-state index in [4.69, 9.17) is 5.73 Å². The highest BCUT2D eigenvalue weighted by atomic mass is 16.2. The van der Waals surface area contributed by atoms with Gasteiger partial charge in [0.15, 0.2) is 0 Å². The Morgan fingerprint density at radius 2 is 1.71 bits per heavy atom. The summed E-state index contributed by atoms with van der Waals surface area (Å²) in [6.07, 6.45) is 5.23. The van der Waals surface area contributed by atoms with Crippen LogP contribution in [0.5, 0.6) is 0 Å². The smallest absolute Gasteiger partial charge is 0.225 e. The van der Waals surface area contributed by atoms with E-state index < -0.39 is 5.41 Å². The standard InChI is InChI=1S/C24H28N2O2/c25-23(28)24(14-7-15-26(17-24)22(27)19-11-6-12-19)16-20-10-4-5-13-21(20)18-8-2-1-3-9-18/h1-5,8-10,13,19H,6-7,11-12,14-17H2,(H2,25,28)/t24-/m0/s1. The second kappa shape index (κ2) is 7.78. The molecule has 1 saturated heterocycles. The number of hydrogen-bond acceptors (Lipinski definition) is 2. The van der Waals surface area contributed by atoms with Crippen LogP contribution in [0, 0.1) is 11.3 Å². The van der Waals surface area contributed by atoms with E-state index in [-0.39, 0.29) is 17.7 Å². The van der Waals surface area contributed by atoms with Crippen LogP contribution in [-0.2, 0) is 16.0 Å². The summed E-state index contributed by atoms with van der Waals surface area (Å²) in [6.45, 7) is 1.19. The summed E-state index contributed by atoms with van der Waals surface area (Å²) in [4.78, 5) is 27.3. The summed E-state index contributed by atoms with van der Waals surface area (Å²) >= 11 is 0. The number of likely N-dealkylation sites (tertiary alicyclic amines) is 1. The lowest BCUT2D eigenvalue weighted by molar-refractivity contribution is -0.145. The molecule has 0 aromatic heterocycles. The van der Waals surface area contributed by atoms with Gasteiger partial charge < -0.3 is 10.6 Å². The number of benzene rings is 2. The highest BCUT2D eigenvalue weighted by Gasteiger charge is 2.44. The number of hydrogen-bond donors (Lipinski definition) is 1. The summed E-state index contributed by atoms with van der Waals surface area (Å²) in [5, 5.41) is 0. The van der Waals surface area contributed by atoms with Gasteiger partial charge in [0.05, 0.1) is 5.41 Å². The van der Waals surface area contributed by atoms with Crippen LogP contribution >= 0.6 is 0 Å².